The zero-order chi connectivity index (χ0) is 12.0. The maximum atomic E-state index is 5.43. The smallest absolute Gasteiger partial charge is 0.168 e. The highest BCUT2D eigenvalue weighted by Crippen LogP contribution is 2.30. The molecule has 0 atom stereocenters. The zero-order valence-electron chi connectivity index (χ0n) is 10.7. The molecule has 0 unspecified atom stereocenters. The third kappa shape index (κ3) is 4.91. The fourth-order valence-corrected chi connectivity index (χ4v) is 3.09. The van der Waals surface area contributed by atoms with Crippen LogP contribution in [-0.4, -0.2) is 40.1 Å². The Balaban J connectivity index is 2.33. The van der Waals surface area contributed by atoms with Crippen LogP contribution in [0.1, 0.15) is 40.0 Å². The first kappa shape index (κ1) is 14.1. The van der Waals surface area contributed by atoms with E-state index in [4.69, 9.17) is 12.2 Å². The summed E-state index contributed by atoms with van der Waals surface area (Å²) in [6.45, 7) is 10.1. The molecule has 1 aliphatic rings. The van der Waals surface area contributed by atoms with Crippen LogP contribution in [-0.2, 0) is 0 Å². The van der Waals surface area contributed by atoms with Crippen molar-refractivity contribution in [1.82, 2.24) is 10.2 Å². The van der Waals surface area contributed by atoms with Gasteiger partial charge in [0.2, 0.25) is 0 Å². The van der Waals surface area contributed by atoms with E-state index in [0.717, 1.165) is 24.7 Å². The predicted octanol–water partition coefficient (Wildman–Crippen LogP) is 2.88. The highest BCUT2D eigenvalue weighted by Gasteiger charge is 2.24. The topological polar surface area (TPSA) is 15.3 Å². The van der Waals surface area contributed by atoms with Crippen molar-refractivity contribution in [2.45, 2.75) is 44.8 Å². The van der Waals surface area contributed by atoms with E-state index < -0.39 is 0 Å². The van der Waals surface area contributed by atoms with Crippen LogP contribution in [0.5, 0.6) is 0 Å². The second kappa shape index (κ2) is 6.70. The molecular formula is C12H24N2S2. The monoisotopic (exact) mass is 260 g/mol. The van der Waals surface area contributed by atoms with E-state index in [1.807, 2.05) is 0 Å². The molecule has 94 valence electrons. The lowest BCUT2D eigenvalue weighted by Gasteiger charge is -2.25. The Hall–Kier alpha value is 0.0400. The molecule has 4 heteroatoms. The molecule has 1 rings (SSSR count). The van der Waals surface area contributed by atoms with Gasteiger partial charge >= 0.3 is 0 Å². The number of thiocarbonyl (C=S) groups is 1. The molecule has 1 heterocycles. The quantitative estimate of drug-likeness (QED) is 0.620. The summed E-state index contributed by atoms with van der Waals surface area (Å²) in [7, 11) is 0. The molecule has 0 aromatic rings. The highest BCUT2D eigenvalue weighted by atomic mass is 32.2. The Morgan fingerprint density at radius 3 is 2.88 bits per heavy atom. The summed E-state index contributed by atoms with van der Waals surface area (Å²) in [6.07, 6.45) is 3.64. The van der Waals surface area contributed by atoms with Gasteiger partial charge in [0.05, 0.1) is 0 Å². The van der Waals surface area contributed by atoms with E-state index >= 15 is 0 Å². The summed E-state index contributed by atoms with van der Waals surface area (Å²) in [5.41, 5.74) is 0. The third-order valence-corrected chi connectivity index (χ3v) is 4.71. The van der Waals surface area contributed by atoms with E-state index in [9.17, 15) is 0 Å². The standard InChI is InChI=1S/C12H24N2S2/c1-4-5-7-13-11(15)14-8-6-12(2,3)16-10-9-14/h4-10H2,1-3H3,(H,13,15). The van der Waals surface area contributed by atoms with Crippen molar-refractivity contribution >= 4 is 29.1 Å². The lowest BCUT2D eigenvalue weighted by Crippen LogP contribution is -2.41. The van der Waals surface area contributed by atoms with Gasteiger partial charge in [0, 0.05) is 30.1 Å². The molecule has 1 saturated heterocycles. The molecule has 1 aliphatic heterocycles. The van der Waals surface area contributed by atoms with Crippen LogP contribution in [0.4, 0.5) is 0 Å². The molecule has 0 bridgehead atoms. The minimum absolute atomic E-state index is 0.410. The van der Waals surface area contributed by atoms with Gasteiger partial charge in [-0.25, -0.2) is 0 Å². The summed E-state index contributed by atoms with van der Waals surface area (Å²) >= 11 is 7.49. The number of unbranched alkanes of at least 4 members (excludes halogenated alkanes) is 1. The van der Waals surface area contributed by atoms with E-state index in [1.165, 1.54) is 25.0 Å². The molecule has 16 heavy (non-hydrogen) atoms. The van der Waals surface area contributed by atoms with Crippen LogP contribution >= 0.6 is 24.0 Å². The minimum atomic E-state index is 0.410. The summed E-state index contributed by atoms with van der Waals surface area (Å²) in [6, 6.07) is 0. The van der Waals surface area contributed by atoms with Crippen molar-refractivity contribution in [2.75, 3.05) is 25.4 Å². The van der Waals surface area contributed by atoms with Crippen molar-refractivity contribution in [1.29, 1.82) is 0 Å². The molecule has 0 spiro atoms. The first-order valence-corrected chi connectivity index (χ1v) is 7.61. The van der Waals surface area contributed by atoms with Crippen LogP contribution in [0.2, 0.25) is 0 Å². The van der Waals surface area contributed by atoms with Crippen LogP contribution in [0.25, 0.3) is 0 Å². The lowest BCUT2D eigenvalue weighted by molar-refractivity contribution is 0.416. The largest absolute Gasteiger partial charge is 0.363 e. The molecule has 0 amide bonds. The van der Waals surface area contributed by atoms with Gasteiger partial charge in [-0.2, -0.15) is 11.8 Å². The van der Waals surface area contributed by atoms with Gasteiger partial charge in [0.1, 0.15) is 0 Å². The minimum Gasteiger partial charge on any atom is -0.363 e. The second-order valence-corrected chi connectivity index (χ2v) is 7.12. The van der Waals surface area contributed by atoms with Crippen LogP contribution in [0.3, 0.4) is 0 Å². The van der Waals surface area contributed by atoms with Gasteiger partial charge in [0.15, 0.2) is 5.11 Å². The number of nitrogens with zero attached hydrogens (tertiary/aromatic N) is 1. The molecular weight excluding hydrogens is 236 g/mol. The van der Waals surface area contributed by atoms with Gasteiger partial charge in [-0.15, -0.1) is 0 Å². The fraction of sp³-hybridized carbons (Fsp3) is 0.917. The second-order valence-electron chi connectivity index (χ2n) is 4.93. The highest BCUT2D eigenvalue weighted by molar-refractivity contribution is 8.00. The summed E-state index contributed by atoms with van der Waals surface area (Å²) < 4.78 is 0.410. The predicted molar refractivity (Wildman–Crippen MR) is 78.2 cm³/mol. The average molecular weight is 260 g/mol. The molecule has 0 aromatic carbocycles. The molecule has 2 nitrogen and oxygen atoms in total. The van der Waals surface area contributed by atoms with Crippen molar-refractivity contribution in [3.05, 3.63) is 0 Å². The van der Waals surface area contributed by atoms with Crippen molar-refractivity contribution in [2.24, 2.45) is 0 Å². The molecule has 1 N–H and O–H groups in total. The van der Waals surface area contributed by atoms with Gasteiger partial charge in [-0.05, 0) is 25.1 Å². The van der Waals surface area contributed by atoms with E-state index in [0.29, 0.717) is 4.75 Å². The Morgan fingerprint density at radius 2 is 2.19 bits per heavy atom. The van der Waals surface area contributed by atoms with E-state index in [-0.39, 0.29) is 0 Å². The summed E-state index contributed by atoms with van der Waals surface area (Å²) in [4.78, 5) is 2.33. The SMILES string of the molecule is CCCCNC(=S)N1CCSC(C)(C)CC1. The third-order valence-electron chi connectivity index (χ3n) is 2.93. The van der Waals surface area contributed by atoms with Gasteiger partial charge in [-0.1, -0.05) is 27.2 Å². The molecule has 0 aromatic heterocycles. The van der Waals surface area contributed by atoms with Crippen molar-refractivity contribution < 1.29 is 0 Å². The Morgan fingerprint density at radius 1 is 1.44 bits per heavy atom. The first-order valence-electron chi connectivity index (χ1n) is 6.22. The zero-order valence-corrected chi connectivity index (χ0v) is 12.3. The van der Waals surface area contributed by atoms with Gasteiger partial charge in [0.25, 0.3) is 0 Å². The van der Waals surface area contributed by atoms with E-state index in [1.54, 1.807) is 0 Å². The first-order chi connectivity index (χ1) is 7.55. The number of thioether (sulfide) groups is 1. The number of rotatable bonds is 3. The van der Waals surface area contributed by atoms with Crippen LogP contribution in [0.15, 0.2) is 0 Å². The van der Waals surface area contributed by atoms with Crippen LogP contribution in [0, 0.1) is 0 Å². The van der Waals surface area contributed by atoms with Crippen LogP contribution < -0.4 is 5.32 Å². The number of hydrogen-bond acceptors (Lipinski definition) is 2. The van der Waals surface area contributed by atoms with Gasteiger partial charge < -0.3 is 10.2 Å². The molecule has 0 saturated carbocycles. The summed E-state index contributed by atoms with van der Waals surface area (Å²) in [5, 5.41) is 4.31. The van der Waals surface area contributed by atoms with Crippen molar-refractivity contribution in [3.63, 3.8) is 0 Å². The summed E-state index contributed by atoms with van der Waals surface area (Å²) in [5.74, 6) is 1.18. The average Bonchev–Trinajstić information content (AvgIpc) is 2.39. The number of hydrogen-bond donors (Lipinski definition) is 1. The van der Waals surface area contributed by atoms with Gasteiger partial charge in [-0.3, -0.25) is 0 Å². The van der Waals surface area contributed by atoms with E-state index in [2.05, 4.69) is 42.7 Å². The fourth-order valence-electron chi connectivity index (χ4n) is 1.71. The molecule has 0 radical (unpaired) electrons. The maximum absolute atomic E-state index is 5.43. The normalized spacial score (nSPS) is 20.3. The Bertz CT molecular complexity index is 229. The number of nitrogens with one attached hydrogen (secondary N) is 1. The Labute approximate surface area is 110 Å². The maximum Gasteiger partial charge on any atom is 0.168 e. The lowest BCUT2D eigenvalue weighted by atomic mass is 10.1. The Kier molecular flexibility index (Phi) is 5.90. The molecule has 0 aliphatic carbocycles. The molecule has 1 fully saturated rings. The van der Waals surface area contributed by atoms with Crippen molar-refractivity contribution in [3.8, 4) is 0 Å².